The van der Waals surface area contributed by atoms with Crippen molar-refractivity contribution in [1.82, 2.24) is 14.9 Å². The predicted octanol–water partition coefficient (Wildman–Crippen LogP) is 2.50. The molecule has 0 aromatic carbocycles. The molecule has 0 radical (unpaired) electrons. The lowest BCUT2D eigenvalue weighted by Crippen LogP contribution is -2.43. The number of rotatable bonds is 1. The number of hydrogen-bond donors (Lipinski definition) is 0. The average molecular weight is 293 g/mol. The summed E-state index contributed by atoms with van der Waals surface area (Å²) in [5, 5.41) is 0. The number of nitrogens with zero attached hydrogens (tertiary/aromatic N) is 3. The van der Waals surface area contributed by atoms with E-state index in [1.807, 2.05) is 29.3 Å². The number of hydrogen-bond acceptors (Lipinski definition) is 3. The van der Waals surface area contributed by atoms with E-state index >= 15 is 0 Å². The van der Waals surface area contributed by atoms with Crippen LogP contribution in [0.5, 0.6) is 0 Å². The molecule has 1 amide bonds. The monoisotopic (exact) mass is 293 g/mol. The van der Waals surface area contributed by atoms with Crippen LogP contribution in [0.2, 0.25) is 0 Å². The molecule has 1 aliphatic carbocycles. The lowest BCUT2D eigenvalue weighted by molar-refractivity contribution is 0.0587. The normalized spacial score (nSPS) is 19.2. The Morgan fingerprint density at radius 1 is 1.00 bits per heavy atom. The lowest BCUT2D eigenvalue weighted by Gasteiger charge is -2.39. The minimum absolute atomic E-state index is 0.0593. The Hall–Kier alpha value is -2.23. The van der Waals surface area contributed by atoms with E-state index < -0.39 is 0 Å². The van der Waals surface area contributed by atoms with Crippen molar-refractivity contribution < 1.29 is 4.79 Å². The molecule has 2 aromatic heterocycles. The van der Waals surface area contributed by atoms with Gasteiger partial charge in [0.1, 0.15) is 5.69 Å². The average Bonchev–Trinajstić information content (AvgIpc) is 2.93. The smallest absolute Gasteiger partial charge is 0.272 e. The maximum Gasteiger partial charge on any atom is 0.272 e. The van der Waals surface area contributed by atoms with Crippen LogP contribution in [-0.4, -0.2) is 33.9 Å². The van der Waals surface area contributed by atoms with Crippen molar-refractivity contribution >= 4 is 5.91 Å². The van der Waals surface area contributed by atoms with Crippen molar-refractivity contribution in [1.29, 1.82) is 0 Å². The standard InChI is InChI=1S/C18H19N3O/c22-17(15-5-1-2-8-19-15)21-10-6-18(7-11-21)12-14-4-3-9-20-16(14)13-18/h1-5,8-9H,6-7,10-13H2. The fourth-order valence-corrected chi connectivity index (χ4v) is 3.80. The third-order valence-electron chi connectivity index (χ3n) is 5.09. The van der Waals surface area contributed by atoms with Crippen LogP contribution in [-0.2, 0) is 12.8 Å². The molecule has 4 nitrogen and oxygen atoms in total. The van der Waals surface area contributed by atoms with Gasteiger partial charge in [-0.05, 0) is 54.9 Å². The highest BCUT2D eigenvalue weighted by atomic mass is 16.2. The second-order valence-corrected chi connectivity index (χ2v) is 6.47. The van der Waals surface area contributed by atoms with Crippen LogP contribution in [0.1, 0.15) is 34.6 Å². The van der Waals surface area contributed by atoms with Crippen molar-refractivity contribution in [3.05, 3.63) is 59.7 Å². The van der Waals surface area contributed by atoms with Gasteiger partial charge in [-0.15, -0.1) is 0 Å². The Kier molecular flexibility index (Phi) is 3.17. The van der Waals surface area contributed by atoms with E-state index in [0.717, 1.165) is 38.8 Å². The zero-order chi connectivity index (χ0) is 15.0. The molecule has 1 aliphatic heterocycles. The largest absolute Gasteiger partial charge is 0.337 e. The van der Waals surface area contributed by atoms with Gasteiger partial charge in [0.05, 0.1) is 0 Å². The Bertz CT molecular complexity index is 663. The number of piperidine rings is 1. The van der Waals surface area contributed by atoms with Crippen LogP contribution in [0.3, 0.4) is 0 Å². The molecule has 0 bridgehead atoms. The molecular formula is C18H19N3O. The van der Waals surface area contributed by atoms with E-state index in [-0.39, 0.29) is 5.91 Å². The summed E-state index contributed by atoms with van der Waals surface area (Å²) in [6.45, 7) is 1.65. The molecule has 1 saturated heterocycles. The van der Waals surface area contributed by atoms with Gasteiger partial charge in [0.2, 0.25) is 0 Å². The van der Waals surface area contributed by atoms with Crippen molar-refractivity contribution in [2.75, 3.05) is 13.1 Å². The van der Waals surface area contributed by atoms with Crippen LogP contribution >= 0.6 is 0 Å². The summed E-state index contributed by atoms with van der Waals surface area (Å²) >= 11 is 0. The first-order chi connectivity index (χ1) is 10.8. The summed E-state index contributed by atoms with van der Waals surface area (Å²) in [5.74, 6) is 0.0593. The maximum atomic E-state index is 12.5. The number of likely N-dealkylation sites (tertiary alicyclic amines) is 1. The van der Waals surface area contributed by atoms with Gasteiger partial charge in [0.25, 0.3) is 5.91 Å². The summed E-state index contributed by atoms with van der Waals surface area (Å²) in [6.07, 6.45) is 7.86. The molecular weight excluding hydrogens is 274 g/mol. The number of pyridine rings is 2. The molecule has 4 heteroatoms. The molecule has 112 valence electrons. The zero-order valence-corrected chi connectivity index (χ0v) is 12.5. The van der Waals surface area contributed by atoms with Gasteiger partial charge in [-0.25, -0.2) is 0 Å². The minimum Gasteiger partial charge on any atom is -0.337 e. The van der Waals surface area contributed by atoms with Crippen molar-refractivity contribution in [2.24, 2.45) is 5.41 Å². The van der Waals surface area contributed by atoms with Gasteiger partial charge in [-0.1, -0.05) is 12.1 Å². The van der Waals surface area contributed by atoms with E-state index in [9.17, 15) is 4.79 Å². The molecule has 4 rings (SSSR count). The number of carbonyl (C=O) groups excluding carboxylic acids is 1. The fraction of sp³-hybridized carbons (Fsp3) is 0.389. The third-order valence-corrected chi connectivity index (χ3v) is 5.09. The van der Waals surface area contributed by atoms with Gasteiger partial charge >= 0.3 is 0 Å². The molecule has 22 heavy (non-hydrogen) atoms. The van der Waals surface area contributed by atoms with Gasteiger partial charge in [0, 0.05) is 31.2 Å². The highest BCUT2D eigenvalue weighted by Gasteiger charge is 2.41. The van der Waals surface area contributed by atoms with Gasteiger partial charge in [0.15, 0.2) is 0 Å². The number of amides is 1. The summed E-state index contributed by atoms with van der Waals surface area (Å²) in [4.78, 5) is 23.1. The van der Waals surface area contributed by atoms with Crippen LogP contribution < -0.4 is 0 Å². The molecule has 1 fully saturated rings. The van der Waals surface area contributed by atoms with E-state index in [0.29, 0.717) is 11.1 Å². The Morgan fingerprint density at radius 2 is 1.82 bits per heavy atom. The molecule has 3 heterocycles. The summed E-state index contributed by atoms with van der Waals surface area (Å²) < 4.78 is 0. The Labute approximate surface area is 130 Å². The fourth-order valence-electron chi connectivity index (χ4n) is 3.80. The van der Waals surface area contributed by atoms with Crippen LogP contribution in [0, 0.1) is 5.41 Å². The van der Waals surface area contributed by atoms with Crippen LogP contribution in [0.4, 0.5) is 0 Å². The number of aromatic nitrogens is 2. The van der Waals surface area contributed by atoms with E-state index in [2.05, 4.69) is 16.0 Å². The molecule has 2 aromatic rings. The minimum atomic E-state index is 0.0593. The van der Waals surface area contributed by atoms with Crippen molar-refractivity contribution in [3.8, 4) is 0 Å². The topological polar surface area (TPSA) is 46.1 Å². The zero-order valence-electron chi connectivity index (χ0n) is 12.5. The van der Waals surface area contributed by atoms with Gasteiger partial charge in [-0.3, -0.25) is 14.8 Å². The lowest BCUT2D eigenvalue weighted by atomic mass is 9.76. The van der Waals surface area contributed by atoms with Crippen molar-refractivity contribution in [2.45, 2.75) is 25.7 Å². The first kappa shape index (κ1) is 13.4. The Morgan fingerprint density at radius 3 is 2.55 bits per heavy atom. The first-order valence-corrected chi connectivity index (χ1v) is 7.89. The predicted molar refractivity (Wildman–Crippen MR) is 83.5 cm³/mol. The highest BCUT2D eigenvalue weighted by Crippen LogP contribution is 2.43. The quantitative estimate of drug-likeness (QED) is 0.811. The molecule has 0 N–H and O–H groups in total. The van der Waals surface area contributed by atoms with Gasteiger partial charge in [-0.2, -0.15) is 0 Å². The van der Waals surface area contributed by atoms with E-state index in [4.69, 9.17) is 0 Å². The summed E-state index contributed by atoms with van der Waals surface area (Å²) in [7, 11) is 0. The molecule has 0 saturated carbocycles. The van der Waals surface area contributed by atoms with Crippen LogP contribution in [0.25, 0.3) is 0 Å². The summed E-state index contributed by atoms with van der Waals surface area (Å²) in [6, 6.07) is 9.72. The Balaban J connectivity index is 1.45. The van der Waals surface area contributed by atoms with E-state index in [1.54, 1.807) is 12.3 Å². The second-order valence-electron chi connectivity index (χ2n) is 6.47. The molecule has 1 spiro atoms. The molecule has 0 atom stereocenters. The number of carbonyl (C=O) groups is 1. The first-order valence-electron chi connectivity index (χ1n) is 7.89. The SMILES string of the molecule is O=C(c1ccccn1)N1CCC2(CC1)Cc1cccnc1C2. The summed E-state index contributed by atoms with van der Waals surface area (Å²) in [5.41, 5.74) is 3.52. The second kappa shape index (κ2) is 5.20. The molecule has 2 aliphatic rings. The maximum absolute atomic E-state index is 12.5. The molecule has 0 unspecified atom stereocenters. The van der Waals surface area contributed by atoms with E-state index in [1.165, 1.54) is 11.3 Å². The number of fused-ring (bicyclic) bond motifs is 1. The third kappa shape index (κ3) is 2.28. The van der Waals surface area contributed by atoms with Gasteiger partial charge < -0.3 is 4.90 Å². The highest BCUT2D eigenvalue weighted by molar-refractivity contribution is 5.92. The van der Waals surface area contributed by atoms with Crippen LogP contribution in [0.15, 0.2) is 42.7 Å². The van der Waals surface area contributed by atoms with Crippen molar-refractivity contribution in [3.63, 3.8) is 0 Å².